The predicted octanol–water partition coefficient (Wildman–Crippen LogP) is 3.45. The van der Waals surface area contributed by atoms with Crippen LogP contribution >= 0.6 is 0 Å². The van der Waals surface area contributed by atoms with Crippen molar-refractivity contribution >= 4 is 17.5 Å². The maximum absolute atomic E-state index is 12.5. The van der Waals surface area contributed by atoms with Gasteiger partial charge in [0.2, 0.25) is 11.8 Å². The van der Waals surface area contributed by atoms with Crippen molar-refractivity contribution < 1.29 is 34.1 Å². The molecule has 0 bridgehead atoms. The molecular weight excluding hydrogens is 502 g/mol. The van der Waals surface area contributed by atoms with Crippen LogP contribution in [0.4, 0.5) is 5.69 Å². The lowest BCUT2D eigenvalue weighted by molar-refractivity contribution is -0.253. The first-order valence-corrected chi connectivity index (χ1v) is 13.7. The van der Waals surface area contributed by atoms with Gasteiger partial charge in [0.05, 0.1) is 32.0 Å². The summed E-state index contributed by atoms with van der Waals surface area (Å²) in [6.45, 7) is 3.97. The fourth-order valence-corrected chi connectivity index (χ4v) is 4.90. The molecule has 39 heavy (non-hydrogen) atoms. The Bertz CT molecular complexity index is 1060. The van der Waals surface area contributed by atoms with Crippen molar-refractivity contribution in [1.29, 1.82) is 0 Å². The number of hydroxylamine groups is 1. The Kier molecular flexibility index (Phi) is 11.3. The van der Waals surface area contributed by atoms with Gasteiger partial charge in [-0.05, 0) is 36.1 Å². The summed E-state index contributed by atoms with van der Waals surface area (Å²) >= 11 is 0. The first-order chi connectivity index (χ1) is 19.0. The van der Waals surface area contributed by atoms with Crippen LogP contribution < -0.4 is 10.8 Å². The standard InChI is InChI=1S/C29H39N3O7/c33-20-21-9-11-22(12-10-21)26-18-25(19-32-13-15-37-16-14-32)38-29(39-26)23-5-4-6-24(17-23)30-27(34)7-2-1-3-8-28(35)31-36/h4-6,9-12,17,25-26,29,33,36H,1-3,7-8,13-16,18-20H2,(H,30,34)(H,31,35)/t25-,26+,29+/m1/s1. The number of morpholine rings is 1. The number of nitrogens with one attached hydrogen (secondary N) is 2. The van der Waals surface area contributed by atoms with Gasteiger partial charge in [-0.15, -0.1) is 0 Å². The molecule has 0 radical (unpaired) electrons. The minimum Gasteiger partial charge on any atom is -0.392 e. The highest BCUT2D eigenvalue weighted by Crippen LogP contribution is 2.38. The number of aliphatic hydroxyl groups is 1. The van der Waals surface area contributed by atoms with E-state index in [4.69, 9.17) is 19.4 Å². The van der Waals surface area contributed by atoms with Crippen molar-refractivity contribution in [2.45, 2.75) is 63.6 Å². The Morgan fingerprint density at radius 3 is 2.38 bits per heavy atom. The second-order valence-electron chi connectivity index (χ2n) is 10.0. The summed E-state index contributed by atoms with van der Waals surface area (Å²) in [6, 6.07) is 15.4. The average molecular weight is 542 g/mol. The molecule has 0 aliphatic carbocycles. The molecule has 0 spiro atoms. The summed E-state index contributed by atoms with van der Waals surface area (Å²) < 4.78 is 18.4. The molecule has 3 atom stereocenters. The average Bonchev–Trinajstić information content (AvgIpc) is 2.97. The van der Waals surface area contributed by atoms with Gasteiger partial charge < -0.3 is 24.6 Å². The van der Waals surface area contributed by atoms with Gasteiger partial charge >= 0.3 is 0 Å². The summed E-state index contributed by atoms with van der Waals surface area (Å²) in [5.74, 6) is -0.517. The normalized spacial score (nSPS) is 21.8. The lowest BCUT2D eigenvalue weighted by atomic mass is 9.99. The molecule has 10 heteroatoms. The van der Waals surface area contributed by atoms with Crippen LogP contribution in [0, 0.1) is 0 Å². The van der Waals surface area contributed by atoms with Gasteiger partial charge in [0.15, 0.2) is 6.29 Å². The topological polar surface area (TPSA) is 130 Å². The largest absolute Gasteiger partial charge is 0.392 e. The lowest BCUT2D eigenvalue weighted by Gasteiger charge is -2.39. The van der Waals surface area contributed by atoms with Crippen molar-refractivity contribution in [3.05, 3.63) is 65.2 Å². The van der Waals surface area contributed by atoms with Crippen molar-refractivity contribution in [3.8, 4) is 0 Å². The number of anilines is 1. The molecule has 2 aromatic carbocycles. The van der Waals surface area contributed by atoms with Crippen LogP contribution in [0.2, 0.25) is 0 Å². The lowest BCUT2D eigenvalue weighted by Crippen LogP contribution is -2.44. The van der Waals surface area contributed by atoms with E-state index >= 15 is 0 Å². The Labute approximate surface area is 229 Å². The number of hydrogen-bond acceptors (Lipinski definition) is 8. The Morgan fingerprint density at radius 2 is 1.67 bits per heavy atom. The molecule has 0 unspecified atom stereocenters. The number of hydrogen-bond donors (Lipinski definition) is 4. The number of unbranched alkanes of at least 4 members (excludes halogenated alkanes) is 2. The van der Waals surface area contributed by atoms with E-state index in [-0.39, 0.29) is 31.1 Å². The molecule has 2 fully saturated rings. The molecule has 2 saturated heterocycles. The second kappa shape index (κ2) is 15.1. The van der Waals surface area contributed by atoms with E-state index in [0.29, 0.717) is 31.4 Å². The number of benzene rings is 2. The Balaban J connectivity index is 1.39. The molecule has 10 nitrogen and oxygen atoms in total. The molecule has 2 heterocycles. The Hall–Kier alpha value is -2.86. The van der Waals surface area contributed by atoms with Crippen molar-refractivity contribution in [2.24, 2.45) is 0 Å². The maximum atomic E-state index is 12.5. The van der Waals surface area contributed by atoms with Gasteiger partial charge in [0.25, 0.3) is 0 Å². The van der Waals surface area contributed by atoms with Gasteiger partial charge in [-0.1, -0.05) is 42.8 Å². The van der Waals surface area contributed by atoms with E-state index in [2.05, 4.69) is 10.2 Å². The summed E-state index contributed by atoms with van der Waals surface area (Å²) in [5.41, 5.74) is 5.00. The van der Waals surface area contributed by atoms with Crippen LogP contribution in [-0.2, 0) is 30.4 Å². The van der Waals surface area contributed by atoms with Crippen LogP contribution in [0.5, 0.6) is 0 Å². The fourth-order valence-electron chi connectivity index (χ4n) is 4.90. The van der Waals surface area contributed by atoms with Crippen LogP contribution in [0.15, 0.2) is 48.5 Å². The highest BCUT2D eigenvalue weighted by atomic mass is 16.7. The number of carbonyl (C=O) groups is 2. The molecule has 0 saturated carbocycles. The fraction of sp³-hybridized carbons (Fsp3) is 0.517. The molecule has 2 amide bonds. The Morgan fingerprint density at radius 1 is 0.923 bits per heavy atom. The van der Waals surface area contributed by atoms with Crippen molar-refractivity contribution in [1.82, 2.24) is 10.4 Å². The molecule has 2 aliphatic rings. The summed E-state index contributed by atoms with van der Waals surface area (Å²) in [7, 11) is 0. The third-order valence-corrected chi connectivity index (χ3v) is 7.06. The van der Waals surface area contributed by atoms with E-state index in [1.165, 1.54) is 0 Å². The number of ether oxygens (including phenoxy) is 3. The zero-order chi connectivity index (χ0) is 27.5. The molecule has 4 N–H and O–H groups in total. The van der Waals surface area contributed by atoms with Gasteiger partial charge in [-0.2, -0.15) is 0 Å². The number of nitrogens with zero attached hydrogens (tertiary/aromatic N) is 1. The molecule has 2 aromatic rings. The van der Waals surface area contributed by atoms with Crippen molar-refractivity contribution in [3.63, 3.8) is 0 Å². The van der Waals surface area contributed by atoms with E-state index in [0.717, 1.165) is 56.0 Å². The predicted molar refractivity (Wildman–Crippen MR) is 144 cm³/mol. The smallest absolute Gasteiger partial charge is 0.243 e. The molecule has 4 rings (SSSR count). The second-order valence-corrected chi connectivity index (χ2v) is 10.0. The highest BCUT2D eigenvalue weighted by Gasteiger charge is 2.33. The van der Waals surface area contributed by atoms with Crippen LogP contribution in [0.25, 0.3) is 0 Å². The zero-order valence-corrected chi connectivity index (χ0v) is 22.2. The van der Waals surface area contributed by atoms with Crippen LogP contribution in [0.3, 0.4) is 0 Å². The molecule has 2 aliphatic heterocycles. The van der Waals surface area contributed by atoms with Crippen LogP contribution in [-0.4, -0.2) is 66.0 Å². The van der Waals surface area contributed by atoms with E-state index < -0.39 is 12.2 Å². The highest BCUT2D eigenvalue weighted by molar-refractivity contribution is 5.90. The zero-order valence-electron chi connectivity index (χ0n) is 22.2. The van der Waals surface area contributed by atoms with Crippen molar-refractivity contribution in [2.75, 3.05) is 38.2 Å². The summed E-state index contributed by atoms with van der Waals surface area (Å²) in [6.07, 6.45) is 2.46. The number of amides is 2. The molecule has 212 valence electrons. The quantitative estimate of drug-likeness (QED) is 0.183. The summed E-state index contributed by atoms with van der Waals surface area (Å²) in [4.78, 5) is 25.9. The third-order valence-electron chi connectivity index (χ3n) is 7.06. The van der Waals surface area contributed by atoms with Gasteiger partial charge in [-0.3, -0.25) is 19.7 Å². The number of carbonyl (C=O) groups excluding carboxylic acids is 2. The number of rotatable bonds is 12. The first kappa shape index (κ1) is 29.1. The van der Waals surface area contributed by atoms with E-state index in [9.17, 15) is 14.7 Å². The van der Waals surface area contributed by atoms with E-state index in [1.807, 2.05) is 48.5 Å². The monoisotopic (exact) mass is 541 g/mol. The van der Waals surface area contributed by atoms with E-state index in [1.54, 1.807) is 5.48 Å². The first-order valence-electron chi connectivity index (χ1n) is 13.7. The van der Waals surface area contributed by atoms with Gasteiger partial charge in [0, 0.05) is 50.1 Å². The summed E-state index contributed by atoms with van der Waals surface area (Å²) in [5, 5.41) is 20.9. The van der Waals surface area contributed by atoms with Gasteiger partial charge in [-0.25, -0.2) is 5.48 Å². The minimum absolute atomic E-state index is 0.00340. The molecule has 0 aromatic heterocycles. The third kappa shape index (κ3) is 9.10. The maximum Gasteiger partial charge on any atom is 0.243 e. The van der Waals surface area contributed by atoms with Crippen LogP contribution in [0.1, 0.15) is 67.6 Å². The minimum atomic E-state index is -0.596. The molecular formula is C29H39N3O7. The number of aliphatic hydroxyl groups excluding tert-OH is 1. The van der Waals surface area contributed by atoms with Gasteiger partial charge in [0.1, 0.15) is 0 Å². The SMILES string of the molecule is O=C(CCCCCC(=O)Nc1cccc([C@H]2O[C@@H](CN3CCOCC3)C[C@@H](c3ccc(CO)cc3)O2)c1)NO.